The van der Waals surface area contributed by atoms with Crippen molar-refractivity contribution in [2.24, 2.45) is 5.73 Å². The van der Waals surface area contributed by atoms with Crippen LogP contribution in [0.4, 0.5) is 13.2 Å². The third kappa shape index (κ3) is 3.71. The first-order valence-corrected chi connectivity index (χ1v) is 4.89. The van der Waals surface area contributed by atoms with Crippen LogP contribution in [0.2, 0.25) is 0 Å². The maximum atomic E-state index is 12.0. The Morgan fingerprint density at radius 1 is 1.40 bits per heavy atom. The van der Waals surface area contributed by atoms with Gasteiger partial charge in [0.2, 0.25) is 0 Å². The monoisotopic (exact) mass is 283 g/mol. The topological polar surface area (TPSA) is 35.2 Å². The molecule has 0 aliphatic carbocycles. The molecule has 0 amide bonds. The Labute approximate surface area is 93.3 Å². The number of benzene rings is 1. The Morgan fingerprint density at radius 2 is 2.00 bits per heavy atom. The van der Waals surface area contributed by atoms with E-state index >= 15 is 0 Å². The van der Waals surface area contributed by atoms with Gasteiger partial charge < -0.3 is 10.5 Å². The largest absolute Gasteiger partial charge is 0.573 e. The molecule has 0 aliphatic rings. The van der Waals surface area contributed by atoms with Crippen molar-refractivity contribution in [2.45, 2.75) is 19.3 Å². The highest BCUT2D eigenvalue weighted by Crippen LogP contribution is 2.31. The summed E-state index contributed by atoms with van der Waals surface area (Å²) in [5.74, 6) is -0.271. The van der Waals surface area contributed by atoms with Crippen LogP contribution in [0.3, 0.4) is 0 Å². The van der Waals surface area contributed by atoms with Crippen LogP contribution < -0.4 is 10.5 Å². The minimum atomic E-state index is -4.70. The fraction of sp³-hybridized carbons (Fsp3) is 0.333. The third-order valence-corrected chi connectivity index (χ3v) is 2.19. The van der Waals surface area contributed by atoms with Gasteiger partial charge in [0.25, 0.3) is 0 Å². The standard InChI is InChI=1S/C9H9BrF3NO/c1-5(14)7-3-2-6(10)4-8(7)15-9(11,12)13/h2-5H,14H2,1H3. The second-order valence-electron chi connectivity index (χ2n) is 3.02. The van der Waals surface area contributed by atoms with E-state index in [0.717, 1.165) is 0 Å². The van der Waals surface area contributed by atoms with Crippen molar-refractivity contribution in [2.75, 3.05) is 0 Å². The quantitative estimate of drug-likeness (QED) is 0.903. The molecule has 0 aromatic heterocycles. The fourth-order valence-corrected chi connectivity index (χ4v) is 1.44. The molecule has 0 saturated heterocycles. The van der Waals surface area contributed by atoms with Gasteiger partial charge in [-0.1, -0.05) is 22.0 Å². The number of ether oxygens (including phenoxy) is 1. The molecule has 1 aromatic rings. The molecule has 15 heavy (non-hydrogen) atoms. The van der Waals surface area contributed by atoms with Crippen molar-refractivity contribution in [3.8, 4) is 5.75 Å². The SMILES string of the molecule is CC(N)c1ccc(Br)cc1OC(F)(F)F. The molecule has 0 heterocycles. The van der Waals surface area contributed by atoms with Crippen molar-refractivity contribution in [3.05, 3.63) is 28.2 Å². The zero-order valence-electron chi connectivity index (χ0n) is 7.81. The van der Waals surface area contributed by atoms with E-state index in [2.05, 4.69) is 20.7 Å². The van der Waals surface area contributed by atoms with Gasteiger partial charge in [-0.15, -0.1) is 13.2 Å². The van der Waals surface area contributed by atoms with E-state index in [1.54, 1.807) is 13.0 Å². The summed E-state index contributed by atoms with van der Waals surface area (Å²) >= 11 is 3.06. The molecule has 6 heteroatoms. The molecule has 0 saturated carbocycles. The molecule has 1 unspecified atom stereocenters. The lowest BCUT2D eigenvalue weighted by molar-refractivity contribution is -0.275. The van der Waals surface area contributed by atoms with Gasteiger partial charge in [0.15, 0.2) is 0 Å². The molecule has 1 aromatic carbocycles. The first-order valence-electron chi connectivity index (χ1n) is 4.10. The lowest BCUT2D eigenvalue weighted by atomic mass is 10.1. The molecule has 2 N–H and O–H groups in total. The average Bonchev–Trinajstić information content (AvgIpc) is 1.99. The summed E-state index contributed by atoms with van der Waals surface area (Å²) in [6.07, 6.45) is -4.70. The van der Waals surface area contributed by atoms with Gasteiger partial charge >= 0.3 is 6.36 Å². The zero-order chi connectivity index (χ0) is 11.6. The van der Waals surface area contributed by atoms with Crippen LogP contribution in [0.5, 0.6) is 5.75 Å². The van der Waals surface area contributed by atoms with E-state index in [-0.39, 0.29) is 5.75 Å². The summed E-state index contributed by atoms with van der Waals surface area (Å²) in [7, 11) is 0. The van der Waals surface area contributed by atoms with Gasteiger partial charge in [0.1, 0.15) is 5.75 Å². The Bertz CT molecular complexity index is 352. The van der Waals surface area contributed by atoms with Crippen molar-refractivity contribution >= 4 is 15.9 Å². The second-order valence-corrected chi connectivity index (χ2v) is 3.93. The molecular formula is C9H9BrF3NO. The second kappa shape index (κ2) is 4.40. The number of nitrogens with two attached hydrogens (primary N) is 1. The molecule has 0 spiro atoms. The Kier molecular flexibility index (Phi) is 3.62. The smallest absolute Gasteiger partial charge is 0.405 e. The van der Waals surface area contributed by atoms with Crippen molar-refractivity contribution in [1.29, 1.82) is 0 Å². The normalized spacial score (nSPS) is 13.7. The van der Waals surface area contributed by atoms with Gasteiger partial charge in [-0.2, -0.15) is 0 Å². The van der Waals surface area contributed by atoms with Gasteiger partial charge in [-0.25, -0.2) is 0 Å². The van der Waals surface area contributed by atoms with Crippen molar-refractivity contribution < 1.29 is 17.9 Å². The molecule has 0 aliphatic heterocycles. The molecule has 0 bridgehead atoms. The number of halogens is 4. The van der Waals surface area contributed by atoms with Gasteiger partial charge in [0.05, 0.1) is 0 Å². The lowest BCUT2D eigenvalue weighted by Crippen LogP contribution is -2.19. The summed E-state index contributed by atoms with van der Waals surface area (Å²) in [4.78, 5) is 0. The van der Waals surface area contributed by atoms with Gasteiger partial charge in [-0.3, -0.25) is 0 Å². The van der Waals surface area contributed by atoms with Crippen LogP contribution in [0.1, 0.15) is 18.5 Å². The lowest BCUT2D eigenvalue weighted by Gasteiger charge is -2.15. The number of hydrogen-bond acceptors (Lipinski definition) is 2. The predicted octanol–water partition coefficient (Wildman–Crippen LogP) is 3.37. The zero-order valence-corrected chi connectivity index (χ0v) is 9.39. The minimum Gasteiger partial charge on any atom is -0.405 e. The van der Waals surface area contributed by atoms with E-state index < -0.39 is 12.4 Å². The van der Waals surface area contributed by atoms with Crippen LogP contribution >= 0.6 is 15.9 Å². The molecule has 1 rings (SSSR count). The van der Waals surface area contributed by atoms with Crippen LogP contribution in [0, 0.1) is 0 Å². The van der Waals surface area contributed by atoms with Crippen LogP contribution in [0.25, 0.3) is 0 Å². The molecule has 0 fully saturated rings. The van der Waals surface area contributed by atoms with Gasteiger partial charge in [0, 0.05) is 16.1 Å². The highest BCUT2D eigenvalue weighted by atomic mass is 79.9. The van der Waals surface area contributed by atoms with E-state index in [9.17, 15) is 13.2 Å². The highest BCUT2D eigenvalue weighted by molar-refractivity contribution is 9.10. The maximum Gasteiger partial charge on any atom is 0.573 e. The Hall–Kier alpha value is -0.750. The first kappa shape index (κ1) is 12.3. The Balaban J connectivity index is 3.08. The summed E-state index contributed by atoms with van der Waals surface area (Å²) in [6.45, 7) is 1.59. The van der Waals surface area contributed by atoms with E-state index in [0.29, 0.717) is 10.0 Å². The average molecular weight is 284 g/mol. The molecular weight excluding hydrogens is 275 g/mol. The van der Waals surface area contributed by atoms with Crippen LogP contribution in [-0.4, -0.2) is 6.36 Å². The summed E-state index contributed by atoms with van der Waals surface area (Å²) in [5.41, 5.74) is 5.84. The van der Waals surface area contributed by atoms with E-state index in [4.69, 9.17) is 5.73 Å². The molecule has 0 radical (unpaired) electrons. The number of hydrogen-bond donors (Lipinski definition) is 1. The third-order valence-electron chi connectivity index (χ3n) is 1.69. The molecule has 2 nitrogen and oxygen atoms in total. The van der Waals surface area contributed by atoms with Crippen LogP contribution in [-0.2, 0) is 0 Å². The fourth-order valence-electron chi connectivity index (χ4n) is 1.10. The summed E-state index contributed by atoms with van der Waals surface area (Å²) in [5, 5.41) is 0. The maximum absolute atomic E-state index is 12.0. The number of alkyl halides is 3. The summed E-state index contributed by atoms with van der Waals surface area (Å²) in [6, 6.07) is 3.83. The van der Waals surface area contributed by atoms with E-state index in [1.165, 1.54) is 12.1 Å². The van der Waals surface area contributed by atoms with Gasteiger partial charge in [-0.05, 0) is 19.1 Å². The Morgan fingerprint density at radius 3 is 2.47 bits per heavy atom. The summed E-state index contributed by atoms with van der Waals surface area (Å²) < 4.78 is 40.5. The predicted molar refractivity (Wildman–Crippen MR) is 53.4 cm³/mol. The van der Waals surface area contributed by atoms with Crippen molar-refractivity contribution in [1.82, 2.24) is 0 Å². The molecule has 84 valence electrons. The molecule has 1 atom stereocenters. The van der Waals surface area contributed by atoms with Crippen LogP contribution in [0.15, 0.2) is 22.7 Å². The van der Waals surface area contributed by atoms with E-state index in [1.807, 2.05) is 0 Å². The highest BCUT2D eigenvalue weighted by Gasteiger charge is 2.32. The van der Waals surface area contributed by atoms with Crippen molar-refractivity contribution in [3.63, 3.8) is 0 Å². The minimum absolute atomic E-state index is 0.271. The first-order chi connectivity index (χ1) is 6.79. The number of rotatable bonds is 2.